The lowest BCUT2D eigenvalue weighted by Gasteiger charge is -2.21. The highest BCUT2D eigenvalue weighted by Crippen LogP contribution is 2.22. The van der Waals surface area contributed by atoms with Crippen LogP contribution < -0.4 is 5.73 Å². The lowest BCUT2D eigenvalue weighted by molar-refractivity contribution is 0.413. The minimum atomic E-state index is 0.427. The van der Waals surface area contributed by atoms with E-state index in [1.807, 2.05) is 0 Å². The molecule has 1 heterocycles. The second-order valence-corrected chi connectivity index (χ2v) is 4.41. The van der Waals surface area contributed by atoms with E-state index >= 15 is 0 Å². The topological polar surface area (TPSA) is 54.0 Å². The quantitative estimate of drug-likeness (QED) is 0.839. The molecular formula is C11H12Cl2N4. The van der Waals surface area contributed by atoms with Crippen LogP contribution in [0.4, 0.5) is 0 Å². The molecule has 2 N–H and O–H groups in total. The Balaban J connectivity index is 2.20. The molecule has 0 unspecified atom stereocenters. The highest BCUT2D eigenvalue weighted by atomic mass is 35.5. The monoisotopic (exact) mass is 270 g/mol. The van der Waals surface area contributed by atoms with Crippen LogP contribution in [-0.2, 0) is 0 Å². The van der Waals surface area contributed by atoms with E-state index in [1.165, 1.54) is 0 Å². The molecule has 90 valence electrons. The Morgan fingerprint density at radius 1 is 1.35 bits per heavy atom. The second-order valence-electron chi connectivity index (χ2n) is 3.60. The number of nitrogens with zero attached hydrogens (tertiary/aromatic N) is 3. The van der Waals surface area contributed by atoms with E-state index in [0.717, 1.165) is 19.5 Å². The number of aliphatic imine (C=N–C) groups is 1. The Morgan fingerprint density at radius 3 is 2.71 bits per heavy atom. The van der Waals surface area contributed by atoms with Crippen LogP contribution in [-0.4, -0.2) is 30.3 Å². The van der Waals surface area contributed by atoms with Gasteiger partial charge < -0.3 is 5.73 Å². The molecule has 0 aromatic heterocycles. The predicted octanol–water partition coefficient (Wildman–Crippen LogP) is 2.35. The molecule has 0 aliphatic carbocycles. The first-order chi connectivity index (χ1) is 8.18. The SMILES string of the molecule is NC1=NCCCN1N=Cc1c(Cl)cccc1Cl. The Hall–Kier alpha value is -1.26. The first kappa shape index (κ1) is 12.2. The van der Waals surface area contributed by atoms with Crippen LogP contribution in [0.5, 0.6) is 0 Å². The van der Waals surface area contributed by atoms with Crippen molar-refractivity contribution in [1.82, 2.24) is 5.01 Å². The average Bonchev–Trinajstić information content (AvgIpc) is 2.30. The van der Waals surface area contributed by atoms with Crippen molar-refractivity contribution in [3.63, 3.8) is 0 Å². The zero-order valence-electron chi connectivity index (χ0n) is 9.11. The van der Waals surface area contributed by atoms with Crippen molar-refractivity contribution in [2.24, 2.45) is 15.8 Å². The van der Waals surface area contributed by atoms with Crippen LogP contribution >= 0.6 is 23.2 Å². The maximum absolute atomic E-state index is 6.03. The summed E-state index contributed by atoms with van der Waals surface area (Å²) >= 11 is 12.1. The van der Waals surface area contributed by atoms with Crippen molar-refractivity contribution in [2.45, 2.75) is 6.42 Å². The van der Waals surface area contributed by atoms with E-state index in [2.05, 4.69) is 10.1 Å². The average molecular weight is 271 g/mol. The van der Waals surface area contributed by atoms with E-state index < -0.39 is 0 Å². The second kappa shape index (κ2) is 5.38. The fourth-order valence-electron chi connectivity index (χ4n) is 1.49. The van der Waals surface area contributed by atoms with E-state index in [1.54, 1.807) is 29.4 Å². The van der Waals surface area contributed by atoms with Gasteiger partial charge in [0, 0.05) is 18.7 Å². The van der Waals surface area contributed by atoms with E-state index in [0.29, 0.717) is 21.6 Å². The molecular weight excluding hydrogens is 259 g/mol. The third-order valence-electron chi connectivity index (χ3n) is 2.39. The summed E-state index contributed by atoms with van der Waals surface area (Å²) in [5, 5.41) is 7.01. The van der Waals surface area contributed by atoms with E-state index in [4.69, 9.17) is 28.9 Å². The summed E-state index contributed by atoms with van der Waals surface area (Å²) in [4.78, 5) is 4.11. The van der Waals surface area contributed by atoms with Crippen LogP contribution in [0.1, 0.15) is 12.0 Å². The molecule has 0 fully saturated rings. The smallest absolute Gasteiger partial charge is 0.212 e. The van der Waals surface area contributed by atoms with Gasteiger partial charge in [0.25, 0.3) is 0 Å². The van der Waals surface area contributed by atoms with E-state index in [-0.39, 0.29) is 0 Å². The van der Waals surface area contributed by atoms with Crippen molar-refractivity contribution in [1.29, 1.82) is 0 Å². The van der Waals surface area contributed by atoms with Gasteiger partial charge in [-0.3, -0.25) is 4.99 Å². The van der Waals surface area contributed by atoms with Crippen LogP contribution in [0.25, 0.3) is 0 Å². The molecule has 0 atom stereocenters. The van der Waals surface area contributed by atoms with Gasteiger partial charge in [-0.05, 0) is 18.6 Å². The van der Waals surface area contributed by atoms with Crippen molar-refractivity contribution in [3.05, 3.63) is 33.8 Å². The van der Waals surface area contributed by atoms with Gasteiger partial charge in [0.05, 0.1) is 16.3 Å². The number of hydrogen-bond acceptors (Lipinski definition) is 4. The van der Waals surface area contributed by atoms with Gasteiger partial charge in [-0.1, -0.05) is 29.3 Å². The summed E-state index contributed by atoms with van der Waals surface area (Å²) < 4.78 is 0. The standard InChI is InChI=1S/C11H12Cl2N4/c12-9-3-1-4-10(13)8(9)7-16-17-6-2-5-15-11(17)14/h1,3-4,7H,2,5-6H2,(H2,14,15). The summed E-state index contributed by atoms with van der Waals surface area (Å²) in [6.07, 6.45) is 2.55. The number of nitrogens with two attached hydrogens (primary N) is 1. The van der Waals surface area contributed by atoms with Crippen molar-refractivity contribution in [3.8, 4) is 0 Å². The molecule has 0 radical (unpaired) electrons. The van der Waals surface area contributed by atoms with Crippen LogP contribution in [0, 0.1) is 0 Å². The molecule has 1 aliphatic rings. The van der Waals surface area contributed by atoms with Gasteiger partial charge >= 0.3 is 0 Å². The maximum Gasteiger partial charge on any atom is 0.212 e. The van der Waals surface area contributed by atoms with Gasteiger partial charge in [0.1, 0.15) is 0 Å². The summed E-state index contributed by atoms with van der Waals surface area (Å²) in [6, 6.07) is 5.32. The summed E-state index contributed by atoms with van der Waals surface area (Å²) in [6.45, 7) is 1.51. The lowest BCUT2D eigenvalue weighted by atomic mass is 10.2. The number of guanidine groups is 1. The highest BCUT2D eigenvalue weighted by molar-refractivity contribution is 6.38. The van der Waals surface area contributed by atoms with Crippen LogP contribution in [0.2, 0.25) is 10.0 Å². The van der Waals surface area contributed by atoms with Gasteiger partial charge in [-0.15, -0.1) is 0 Å². The molecule has 0 saturated carbocycles. The summed E-state index contributed by atoms with van der Waals surface area (Å²) in [7, 11) is 0. The number of hydrazone groups is 1. The Morgan fingerprint density at radius 2 is 2.06 bits per heavy atom. The fraction of sp³-hybridized carbons (Fsp3) is 0.273. The predicted molar refractivity (Wildman–Crippen MR) is 71.9 cm³/mol. The van der Waals surface area contributed by atoms with Crippen LogP contribution in [0.15, 0.2) is 28.3 Å². The van der Waals surface area contributed by atoms with Gasteiger partial charge in [-0.25, -0.2) is 5.01 Å². The van der Waals surface area contributed by atoms with Crippen molar-refractivity contribution >= 4 is 35.4 Å². The summed E-state index contributed by atoms with van der Waals surface area (Å²) in [5.74, 6) is 0.427. The molecule has 0 bridgehead atoms. The first-order valence-corrected chi connectivity index (χ1v) is 5.99. The molecule has 6 heteroatoms. The van der Waals surface area contributed by atoms with Gasteiger partial charge in [0.15, 0.2) is 0 Å². The van der Waals surface area contributed by atoms with E-state index in [9.17, 15) is 0 Å². The zero-order chi connectivity index (χ0) is 12.3. The molecule has 1 aliphatic heterocycles. The number of rotatable bonds is 2. The molecule has 2 rings (SSSR count). The van der Waals surface area contributed by atoms with Gasteiger partial charge in [-0.2, -0.15) is 5.10 Å². The molecule has 4 nitrogen and oxygen atoms in total. The summed E-state index contributed by atoms with van der Waals surface area (Å²) in [5.41, 5.74) is 6.40. The first-order valence-electron chi connectivity index (χ1n) is 5.24. The Labute approximate surface area is 110 Å². The molecule has 0 saturated heterocycles. The maximum atomic E-state index is 6.03. The third kappa shape index (κ3) is 2.90. The Kier molecular flexibility index (Phi) is 3.86. The molecule has 1 aromatic rings. The van der Waals surface area contributed by atoms with Crippen molar-refractivity contribution in [2.75, 3.05) is 13.1 Å². The fourth-order valence-corrected chi connectivity index (χ4v) is 1.98. The normalized spacial score (nSPS) is 16.4. The lowest BCUT2D eigenvalue weighted by Crippen LogP contribution is -2.37. The number of hydrogen-bond donors (Lipinski definition) is 1. The van der Waals surface area contributed by atoms with Gasteiger partial charge in [0.2, 0.25) is 5.96 Å². The minimum absolute atomic E-state index is 0.427. The molecule has 0 amide bonds. The molecule has 17 heavy (non-hydrogen) atoms. The van der Waals surface area contributed by atoms with Crippen LogP contribution in [0.3, 0.4) is 0 Å². The Bertz CT molecular complexity index is 450. The molecule has 0 spiro atoms. The minimum Gasteiger partial charge on any atom is -0.368 e. The number of halogens is 2. The largest absolute Gasteiger partial charge is 0.368 e. The third-order valence-corrected chi connectivity index (χ3v) is 3.05. The molecule has 1 aromatic carbocycles. The zero-order valence-corrected chi connectivity index (χ0v) is 10.6. The number of benzene rings is 1. The highest BCUT2D eigenvalue weighted by Gasteiger charge is 2.10. The van der Waals surface area contributed by atoms with Crippen molar-refractivity contribution < 1.29 is 0 Å².